The molecule has 0 radical (unpaired) electrons. The number of Topliss-reactive ketones (excluding diaryl/α,β-unsaturated/α-hetero) is 1. The number of nitrogens with one attached hydrogen (secondary N) is 1. The van der Waals surface area contributed by atoms with E-state index < -0.39 is 36.5 Å². The molecule has 0 heterocycles. The van der Waals surface area contributed by atoms with Crippen molar-refractivity contribution in [1.82, 2.24) is 5.32 Å². The first-order valence-corrected chi connectivity index (χ1v) is 8.30. The summed E-state index contributed by atoms with van der Waals surface area (Å²) in [6, 6.07) is 9.90. The molecule has 2 amide bonds. The quantitative estimate of drug-likeness (QED) is 0.577. The number of benzene rings is 2. The molecule has 9 heteroatoms. The summed E-state index contributed by atoms with van der Waals surface area (Å²) in [4.78, 5) is 33.7. The third-order valence-electron chi connectivity index (χ3n) is 3.78. The highest BCUT2D eigenvalue weighted by Crippen LogP contribution is 2.24. The van der Waals surface area contributed by atoms with Crippen LogP contribution in [0.15, 0.2) is 36.4 Å². The molecule has 0 aliphatic carbocycles. The van der Waals surface area contributed by atoms with E-state index in [1.165, 1.54) is 5.32 Å². The zero-order valence-electron chi connectivity index (χ0n) is 15.0. The van der Waals surface area contributed by atoms with Gasteiger partial charge in [-0.15, -0.1) is 0 Å². The van der Waals surface area contributed by atoms with E-state index in [9.17, 15) is 32.7 Å². The molecule has 0 aliphatic rings. The molecule has 28 heavy (non-hydrogen) atoms. The number of rotatable bonds is 6. The van der Waals surface area contributed by atoms with Gasteiger partial charge in [0.2, 0.25) is 5.91 Å². The highest BCUT2D eigenvalue weighted by atomic mass is 19.4. The summed E-state index contributed by atoms with van der Waals surface area (Å²) in [6.45, 7) is 3.57. The van der Waals surface area contributed by atoms with Gasteiger partial charge in [0.05, 0.1) is 6.42 Å². The Morgan fingerprint density at radius 1 is 1.07 bits per heavy atom. The van der Waals surface area contributed by atoms with E-state index in [0.717, 1.165) is 5.39 Å². The van der Waals surface area contributed by atoms with Crippen molar-refractivity contribution in [3.8, 4) is 5.75 Å². The van der Waals surface area contributed by atoms with Crippen molar-refractivity contribution < 1.29 is 37.4 Å². The standard InChI is InChI=1S/C19H18F3NO5/c1-10(2)18(27)28-14-6-5-12-4-3-11(7-13(12)9-14)8-15(24)23-17(26)16(25)19(20,21)22/h3-7,9-10,18,27H,8H2,1-2H3,(H,23,24,26). The predicted octanol–water partition coefficient (Wildman–Crippen LogP) is 2.51. The van der Waals surface area contributed by atoms with Crippen molar-refractivity contribution in [2.75, 3.05) is 0 Å². The maximum Gasteiger partial charge on any atom is 0.460 e. The van der Waals surface area contributed by atoms with Gasteiger partial charge in [0.1, 0.15) is 5.75 Å². The van der Waals surface area contributed by atoms with E-state index in [2.05, 4.69) is 0 Å². The first-order chi connectivity index (χ1) is 13.0. The van der Waals surface area contributed by atoms with Crippen LogP contribution in [0, 0.1) is 5.92 Å². The van der Waals surface area contributed by atoms with Crippen LogP contribution in [0.1, 0.15) is 19.4 Å². The zero-order chi connectivity index (χ0) is 21.1. The zero-order valence-corrected chi connectivity index (χ0v) is 15.0. The van der Waals surface area contributed by atoms with Gasteiger partial charge in [-0.3, -0.25) is 19.7 Å². The van der Waals surface area contributed by atoms with Crippen LogP contribution in [0.4, 0.5) is 13.2 Å². The normalized spacial score (nSPS) is 12.7. The Labute approximate surface area is 158 Å². The van der Waals surface area contributed by atoms with Crippen molar-refractivity contribution in [2.45, 2.75) is 32.7 Å². The number of hydrogen-bond donors (Lipinski definition) is 2. The molecule has 0 saturated heterocycles. The second-order valence-corrected chi connectivity index (χ2v) is 6.48. The fourth-order valence-corrected chi connectivity index (χ4v) is 2.27. The SMILES string of the molecule is CC(C)C(O)Oc1ccc2ccc(CC(=O)NC(=O)C(=O)C(F)(F)F)cc2c1. The third kappa shape index (κ3) is 5.53. The Balaban J connectivity index is 2.11. The van der Waals surface area contributed by atoms with E-state index in [-0.39, 0.29) is 5.92 Å². The van der Waals surface area contributed by atoms with Gasteiger partial charge in [-0.05, 0) is 28.5 Å². The number of hydrogen-bond acceptors (Lipinski definition) is 5. The second-order valence-electron chi connectivity index (χ2n) is 6.48. The van der Waals surface area contributed by atoms with Gasteiger partial charge in [0.25, 0.3) is 0 Å². The molecule has 0 aliphatic heterocycles. The molecule has 1 atom stereocenters. The molecule has 2 rings (SSSR count). The molecule has 0 bridgehead atoms. The van der Waals surface area contributed by atoms with Gasteiger partial charge in [-0.2, -0.15) is 13.2 Å². The summed E-state index contributed by atoms with van der Waals surface area (Å²) in [5.74, 6) is -5.41. The van der Waals surface area contributed by atoms with Crippen molar-refractivity contribution >= 4 is 28.4 Å². The van der Waals surface area contributed by atoms with Crippen LogP contribution in [0.5, 0.6) is 5.75 Å². The molecule has 2 aromatic carbocycles. The molecule has 0 fully saturated rings. The maximum atomic E-state index is 12.2. The molecule has 6 nitrogen and oxygen atoms in total. The van der Waals surface area contributed by atoms with Crippen molar-refractivity contribution in [2.24, 2.45) is 5.92 Å². The smallest absolute Gasteiger partial charge is 0.460 e. The largest absolute Gasteiger partial charge is 0.465 e. The summed E-state index contributed by atoms with van der Waals surface area (Å²) < 4.78 is 41.9. The number of ether oxygens (including phenoxy) is 1. The van der Waals surface area contributed by atoms with Gasteiger partial charge >= 0.3 is 17.9 Å². The number of carbonyl (C=O) groups excluding carboxylic acids is 3. The van der Waals surface area contributed by atoms with Crippen LogP contribution < -0.4 is 10.1 Å². The number of imide groups is 1. The third-order valence-corrected chi connectivity index (χ3v) is 3.78. The average molecular weight is 397 g/mol. The van der Waals surface area contributed by atoms with E-state index >= 15 is 0 Å². The number of fused-ring (bicyclic) bond motifs is 1. The minimum Gasteiger partial charge on any atom is -0.465 e. The number of carbonyl (C=O) groups is 3. The summed E-state index contributed by atoms with van der Waals surface area (Å²) in [6.07, 6.45) is -6.74. The van der Waals surface area contributed by atoms with Crippen LogP contribution in [-0.4, -0.2) is 35.2 Å². The molecule has 0 spiro atoms. The minimum atomic E-state index is -5.34. The number of amides is 2. The fourth-order valence-electron chi connectivity index (χ4n) is 2.27. The first-order valence-electron chi connectivity index (χ1n) is 8.30. The topological polar surface area (TPSA) is 92.7 Å². The van der Waals surface area contributed by atoms with E-state index in [4.69, 9.17) is 4.74 Å². The Morgan fingerprint density at radius 3 is 2.32 bits per heavy atom. The average Bonchev–Trinajstić information content (AvgIpc) is 2.59. The molecule has 0 aromatic heterocycles. The molecular formula is C19H18F3NO5. The predicted molar refractivity (Wildman–Crippen MR) is 93.3 cm³/mol. The number of alkyl halides is 3. The van der Waals surface area contributed by atoms with Crippen LogP contribution in [-0.2, 0) is 20.8 Å². The first kappa shape index (κ1) is 21.4. The van der Waals surface area contributed by atoms with Gasteiger partial charge in [-0.1, -0.05) is 38.1 Å². The van der Waals surface area contributed by atoms with Crippen LogP contribution >= 0.6 is 0 Å². The van der Waals surface area contributed by atoms with Gasteiger partial charge in [-0.25, -0.2) is 0 Å². The molecule has 150 valence electrons. The second kappa shape index (κ2) is 8.39. The highest BCUT2D eigenvalue weighted by molar-refractivity contribution is 6.40. The molecule has 2 aromatic rings. The highest BCUT2D eigenvalue weighted by Gasteiger charge is 2.43. The number of ketones is 1. The van der Waals surface area contributed by atoms with Crippen molar-refractivity contribution in [3.05, 3.63) is 42.0 Å². The summed E-state index contributed by atoms with van der Waals surface area (Å²) in [5.41, 5.74) is 0.416. The summed E-state index contributed by atoms with van der Waals surface area (Å²) >= 11 is 0. The Kier molecular flexibility index (Phi) is 6.40. The Bertz CT molecular complexity index is 908. The lowest BCUT2D eigenvalue weighted by molar-refractivity contribution is -0.175. The van der Waals surface area contributed by atoms with Crippen molar-refractivity contribution in [1.29, 1.82) is 0 Å². The molecular weight excluding hydrogens is 379 g/mol. The number of aliphatic hydroxyl groups excluding tert-OH is 1. The molecule has 0 saturated carbocycles. The van der Waals surface area contributed by atoms with Gasteiger partial charge in [0, 0.05) is 5.92 Å². The van der Waals surface area contributed by atoms with E-state index in [1.54, 1.807) is 50.2 Å². The summed E-state index contributed by atoms with van der Waals surface area (Å²) in [7, 11) is 0. The lowest BCUT2D eigenvalue weighted by Crippen LogP contribution is -2.43. The Hall–Kier alpha value is -2.94. The minimum absolute atomic E-state index is 0.123. The maximum absolute atomic E-state index is 12.2. The Morgan fingerprint density at radius 2 is 1.71 bits per heavy atom. The fraction of sp³-hybridized carbons (Fsp3) is 0.316. The van der Waals surface area contributed by atoms with Gasteiger partial charge in [0.15, 0.2) is 6.29 Å². The number of halogens is 3. The lowest BCUT2D eigenvalue weighted by Gasteiger charge is -2.17. The lowest BCUT2D eigenvalue weighted by atomic mass is 10.0. The van der Waals surface area contributed by atoms with Crippen LogP contribution in [0.3, 0.4) is 0 Å². The van der Waals surface area contributed by atoms with Crippen LogP contribution in [0.2, 0.25) is 0 Å². The van der Waals surface area contributed by atoms with Gasteiger partial charge < -0.3 is 9.84 Å². The monoisotopic (exact) mass is 397 g/mol. The van der Waals surface area contributed by atoms with Crippen molar-refractivity contribution in [3.63, 3.8) is 0 Å². The van der Waals surface area contributed by atoms with E-state index in [1.807, 2.05) is 0 Å². The van der Waals surface area contributed by atoms with Crippen LogP contribution in [0.25, 0.3) is 10.8 Å². The number of aliphatic hydroxyl groups is 1. The molecule has 1 unspecified atom stereocenters. The van der Waals surface area contributed by atoms with E-state index in [0.29, 0.717) is 16.7 Å². The summed E-state index contributed by atoms with van der Waals surface area (Å²) in [5, 5.41) is 12.7. The molecule has 2 N–H and O–H groups in total.